The molecule has 0 aromatic carbocycles. The molecule has 20 heavy (non-hydrogen) atoms. The number of aliphatic carboxylic acids is 1. The number of hydrogen-bond donors (Lipinski definition) is 1. The van der Waals surface area contributed by atoms with E-state index in [1.807, 2.05) is 0 Å². The Morgan fingerprint density at radius 1 is 1.35 bits per heavy atom. The number of carboxylic acids is 1. The zero-order valence-electron chi connectivity index (χ0n) is 11.0. The Bertz CT molecular complexity index is 593. The number of carboxylic acid groups (broad SMARTS) is 1. The topological polar surface area (TPSA) is 126 Å². The van der Waals surface area contributed by atoms with Crippen LogP contribution in [0, 0.1) is 0 Å². The minimum atomic E-state index is -3.34. The van der Waals surface area contributed by atoms with Crippen LogP contribution in [0.3, 0.4) is 0 Å². The van der Waals surface area contributed by atoms with Crippen LogP contribution >= 0.6 is 0 Å². The molecule has 1 N–H and O–H groups in total. The van der Waals surface area contributed by atoms with Gasteiger partial charge in [-0.3, -0.25) is 9.59 Å². The summed E-state index contributed by atoms with van der Waals surface area (Å²) in [7, 11) is -6.60. The number of nitrogens with zero attached hydrogens (tertiary/aromatic N) is 1. The molecule has 0 spiro atoms. The second-order valence-electron chi connectivity index (χ2n) is 4.85. The lowest BCUT2D eigenvalue weighted by atomic mass is 10.2. The third-order valence-electron chi connectivity index (χ3n) is 2.96. The summed E-state index contributed by atoms with van der Waals surface area (Å²) in [6.45, 7) is -0.622. The van der Waals surface area contributed by atoms with Crippen molar-refractivity contribution in [2.75, 3.05) is 30.1 Å². The van der Waals surface area contributed by atoms with E-state index in [2.05, 4.69) is 0 Å². The molecule has 1 rings (SSSR count). The lowest BCUT2D eigenvalue weighted by Gasteiger charge is -2.26. The van der Waals surface area contributed by atoms with Crippen LogP contribution in [0.2, 0.25) is 0 Å². The van der Waals surface area contributed by atoms with Crippen molar-refractivity contribution in [1.29, 1.82) is 0 Å². The number of sulfone groups is 2. The first-order valence-corrected chi connectivity index (χ1v) is 9.78. The Morgan fingerprint density at radius 3 is 2.35 bits per heavy atom. The molecule has 0 radical (unpaired) electrons. The molecule has 1 fully saturated rings. The summed E-state index contributed by atoms with van der Waals surface area (Å²) in [5.74, 6) is -2.67. The van der Waals surface area contributed by atoms with Crippen molar-refractivity contribution in [1.82, 2.24) is 4.90 Å². The van der Waals surface area contributed by atoms with Gasteiger partial charge in [0.1, 0.15) is 16.4 Å². The summed E-state index contributed by atoms with van der Waals surface area (Å²) in [4.78, 5) is 23.7. The normalized spacial score (nSPS) is 21.6. The van der Waals surface area contributed by atoms with Crippen molar-refractivity contribution < 1.29 is 31.5 Å². The Balaban J connectivity index is 2.79. The van der Waals surface area contributed by atoms with Gasteiger partial charge in [-0.2, -0.15) is 0 Å². The van der Waals surface area contributed by atoms with Crippen LogP contribution < -0.4 is 0 Å². The predicted octanol–water partition coefficient (Wildman–Crippen LogP) is -1.48. The highest BCUT2D eigenvalue weighted by Gasteiger charge is 2.35. The molecule has 1 heterocycles. The summed E-state index contributed by atoms with van der Waals surface area (Å²) in [5, 5.41) is 8.79. The Hall–Kier alpha value is -1.16. The van der Waals surface area contributed by atoms with Gasteiger partial charge >= 0.3 is 5.97 Å². The maximum Gasteiger partial charge on any atom is 0.323 e. The molecule has 0 aromatic heterocycles. The average molecular weight is 327 g/mol. The van der Waals surface area contributed by atoms with Crippen molar-refractivity contribution in [2.45, 2.75) is 18.9 Å². The molecule has 8 nitrogen and oxygen atoms in total. The van der Waals surface area contributed by atoms with Crippen molar-refractivity contribution in [2.24, 2.45) is 0 Å². The number of carbonyl (C=O) groups excluding carboxylic acids is 1. The maximum absolute atomic E-state index is 11.9. The van der Waals surface area contributed by atoms with E-state index in [1.165, 1.54) is 0 Å². The van der Waals surface area contributed by atoms with E-state index in [9.17, 15) is 26.4 Å². The minimum absolute atomic E-state index is 0.0901. The first kappa shape index (κ1) is 16.9. The van der Waals surface area contributed by atoms with Gasteiger partial charge in [-0.05, 0) is 6.42 Å². The molecule has 1 aliphatic heterocycles. The minimum Gasteiger partial charge on any atom is -0.480 e. The molecule has 0 aliphatic carbocycles. The molecule has 10 heteroatoms. The van der Waals surface area contributed by atoms with E-state index in [0.29, 0.717) is 0 Å². The van der Waals surface area contributed by atoms with Gasteiger partial charge in [0.25, 0.3) is 0 Å². The molecule has 0 bridgehead atoms. The zero-order valence-corrected chi connectivity index (χ0v) is 12.6. The van der Waals surface area contributed by atoms with Gasteiger partial charge in [0.05, 0.1) is 17.3 Å². The molecule has 1 unspecified atom stereocenters. The number of rotatable bonds is 6. The van der Waals surface area contributed by atoms with Gasteiger partial charge in [-0.25, -0.2) is 16.8 Å². The quantitative estimate of drug-likeness (QED) is 0.630. The SMILES string of the molecule is CS(=O)(=O)CCC(=O)N(CC(=O)O)C1CCS(=O)(=O)C1. The smallest absolute Gasteiger partial charge is 0.323 e. The highest BCUT2D eigenvalue weighted by atomic mass is 32.2. The molecule has 1 aliphatic rings. The van der Waals surface area contributed by atoms with E-state index in [4.69, 9.17) is 5.11 Å². The predicted molar refractivity (Wildman–Crippen MR) is 70.7 cm³/mol. The average Bonchev–Trinajstić information content (AvgIpc) is 2.62. The maximum atomic E-state index is 11.9. The molecule has 116 valence electrons. The van der Waals surface area contributed by atoms with Crippen LogP contribution in [0.5, 0.6) is 0 Å². The fourth-order valence-electron chi connectivity index (χ4n) is 2.00. The van der Waals surface area contributed by atoms with Gasteiger partial charge in [0.15, 0.2) is 9.84 Å². The fraction of sp³-hybridized carbons (Fsp3) is 0.800. The first-order chi connectivity index (χ1) is 9.00. The van der Waals surface area contributed by atoms with Crippen molar-refractivity contribution in [3.8, 4) is 0 Å². The lowest BCUT2D eigenvalue weighted by Crippen LogP contribution is -2.44. The molecule has 1 amide bonds. The summed E-state index contributed by atoms with van der Waals surface area (Å²) in [6, 6.07) is -0.692. The van der Waals surface area contributed by atoms with Crippen LogP contribution in [0.1, 0.15) is 12.8 Å². The van der Waals surface area contributed by atoms with Crippen molar-refractivity contribution >= 4 is 31.6 Å². The molecular formula is C10H17NO7S2. The second-order valence-corrected chi connectivity index (χ2v) is 9.34. The summed E-state index contributed by atoms with van der Waals surface area (Å²) < 4.78 is 44.8. The third kappa shape index (κ3) is 5.45. The second kappa shape index (κ2) is 6.08. The lowest BCUT2D eigenvalue weighted by molar-refractivity contribution is -0.145. The number of hydrogen-bond acceptors (Lipinski definition) is 6. The van der Waals surface area contributed by atoms with E-state index >= 15 is 0 Å². The molecule has 0 aromatic rings. The van der Waals surface area contributed by atoms with Crippen molar-refractivity contribution in [3.63, 3.8) is 0 Å². The van der Waals surface area contributed by atoms with Gasteiger partial charge in [0.2, 0.25) is 5.91 Å². The van der Waals surface area contributed by atoms with Crippen LogP contribution in [-0.4, -0.2) is 74.8 Å². The highest BCUT2D eigenvalue weighted by molar-refractivity contribution is 7.91. The molecule has 0 saturated carbocycles. The third-order valence-corrected chi connectivity index (χ3v) is 5.66. The molecular weight excluding hydrogens is 310 g/mol. The summed E-state index contributed by atoms with van der Waals surface area (Å²) in [5.41, 5.74) is 0. The van der Waals surface area contributed by atoms with Gasteiger partial charge in [-0.15, -0.1) is 0 Å². The molecule has 1 atom stereocenters. The number of amides is 1. The monoisotopic (exact) mass is 327 g/mol. The summed E-state index contributed by atoms with van der Waals surface area (Å²) in [6.07, 6.45) is 0.810. The molecule has 1 saturated heterocycles. The fourth-order valence-corrected chi connectivity index (χ4v) is 4.28. The zero-order chi connectivity index (χ0) is 15.6. The van der Waals surface area contributed by atoms with Gasteiger partial charge in [-0.1, -0.05) is 0 Å². The van der Waals surface area contributed by atoms with Crippen LogP contribution in [-0.2, 0) is 29.3 Å². The van der Waals surface area contributed by atoms with Crippen LogP contribution in [0.4, 0.5) is 0 Å². The first-order valence-electron chi connectivity index (χ1n) is 5.89. The van der Waals surface area contributed by atoms with E-state index < -0.39 is 44.1 Å². The van der Waals surface area contributed by atoms with Crippen molar-refractivity contribution in [3.05, 3.63) is 0 Å². The van der Waals surface area contributed by atoms with Gasteiger partial charge < -0.3 is 10.0 Å². The number of carbonyl (C=O) groups is 2. The standard InChI is InChI=1S/C10H17NO7S2/c1-19(15,16)4-3-9(12)11(6-10(13)14)8-2-5-20(17,18)7-8/h8H,2-7H2,1H3,(H,13,14). The van der Waals surface area contributed by atoms with Crippen LogP contribution in [0.15, 0.2) is 0 Å². The Labute approximate surface area is 117 Å². The van der Waals surface area contributed by atoms with E-state index in [0.717, 1.165) is 11.2 Å². The van der Waals surface area contributed by atoms with E-state index in [1.54, 1.807) is 0 Å². The highest BCUT2D eigenvalue weighted by Crippen LogP contribution is 2.18. The Morgan fingerprint density at radius 2 is 1.95 bits per heavy atom. The van der Waals surface area contributed by atoms with E-state index in [-0.39, 0.29) is 30.1 Å². The van der Waals surface area contributed by atoms with Gasteiger partial charge in [0, 0.05) is 18.7 Å². The summed E-state index contributed by atoms with van der Waals surface area (Å²) >= 11 is 0. The largest absolute Gasteiger partial charge is 0.480 e. The van der Waals surface area contributed by atoms with Crippen LogP contribution in [0.25, 0.3) is 0 Å². The Kier molecular flexibility index (Phi) is 5.14.